The van der Waals surface area contributed by atoms with Crippen LogP contribution in [-0.2, 0) is 0 Å². The quantitative estimate of drug-likeness (QED) is 0.451. The molecule has 116 valence electrons. The van der Waals surface area contributed by atoms with Gasteiger partial charge in [-0.25, -0.2) is 0 Å². The van der Waals surface area contributed by atoms with Crippen molar-refractivity contribution in [2.45, 2.75) is 78.3 Å². The van der Waals surface area contributed by atoms with E-state index in [2.05, 4.69) is 31.4 Å². The Bertz CT molecular complexity index is 181. The van der Waals surface area contributed by atoms with E-state index < -0.39 is 0 Å². The van der Waals surface area contributed by atoms with Gasteiger partial charge in [-0.05, 0) is 32.7 Å². The first kappa shape index (κ1) is 18.9. The van der Waals surface area contributed by atoms with Crippen LogP contribution in [0, 0.1) is 5.92 Å². The van der Waals surface area contributed by atoms with Gasteiger partial charge in [0.05, 0.1) is 0 Å². The summed E-state index contributed by atoms with van der Waals surface area (Å²) in [6.07, 6.45) is 8.27. The predicted octanol–water partition coefficient (Wildman–Crippen LogP) is 2.90. The maximum atomic E-state index is 5.71. The van der Waals surface area contributed by atoms with Gasteiger partial charge in [0.25, 0.3) is 0 Å². The Morgan fingerprint density at radius 3 is 2.11 bits per heavy atom. The van der Waals surface area contributed by atoms with Gasteiger partial charge in [-0.1, -0.05) is 46.0 Å². The van der Waals surface area contributed by atoms with Crippen molar-refractivity contribution in [3.05, 3.63) is 0 Å². The van der Waals surface area contributed by atoms with Gasteiger partial charge in [-0.15, -0.1) is 0 Å². The largest absolute Gasteiger partial charge is 0.327 e. The highest BCUT2D eigenvalue weighted by molar-refractivity contribution is 4.67. The molecule has 0 radical (unpaired) electrons. The van der Waals surface area contributed by atoms with Gasteiger partial charge in [0.1, 0.15) is 0 Å². The number of unbranched alkanes of at least 4 members (excludes halogenated alkanes) is 4. The molecule has 0 aromatic carbocycles. The zero-order valence-electron chi connectivity index (χ0n) is 13.7. The Hall–Kier alpha value is -0.120. The lowest BCUT2D eigenvalue weighted by atomic mass is 10.0. The number of rotatable bonds is 13. The van der Waals surface area contributed by atoms with Crippen LogP contribution >= 0.6 is 0 Å². The van der Waals surface area contributed by atoms with Crippen molar-refractivity contribution in [1.82, 2.24) is 10.6 Å². The molecular weight excluding hydrogens is 234 g/mol. The van der Waals surface area contributed by atoms with E-state index in [1.54, 1.807) is 0 Å². The second-order valence-corrected chi connectivity index (χ2v) is 6.44. The highest BCUT2D eigenvalue weighted by Gasteiger charge is 2.01. The maximum Gasteiger partial charge on any atom is 0.0164 e. The summed E-state index contributed by atoms with van der Waals surface area (Å²) in [5, 5.41) is 6.94. The maximum absolute atomic E-state index is 5.71. The molecule has 0 spiro atoms. The Morgan fingerprint density at radius 2 is 1.47 bits per heavy atom. The van der Waals surface area contributed by atoms with E-state index in [1.807, 2.05) is 6.92 Å². The fraction of sp³-hybridized carbons (Fsp3) is 1.00. The second kappa shape index (κ2) is 12.9. The van der Waals surface area contributed by atoms with E-state index in [1.165, 1.54) is 38.5 Å². The molecule has 0 heterocycles. The minimum Gasteiger partial charge on any atom is -0.327 e. The summed E-state index contributed by atoms with van der Waals surface area (Å²) in [6.45, 7) is 12.0. The van der Waals surface area contributed by atoms with Crippen LogP contribution in [0.5, 0.6) is 0 Å². The molecule has 4 N–H and O–H groups in total. The molecule has 0 aliphatic rings. The van der Waals surface area contributed by atoms with Gasteiger partial charge in [0.2, 0.25) is 0 Å². The van der Waals surface area contributed by atoms with Crippen molar-refractivity contribution in [3.63, 3.8) is 0 Å². The Kier molecular flexibility index (Phi) is 12.8. The standard InChI is InChI=1S/C16H37N3/c1-14(2)10-8-6-5-7-9-11-18-13-16(4)19-12-15(3)17/h14-16,18-19H,5-13,17H2,1-4H3. The third kappa shape index (κ3) is 15.8. The van der Waals surface area contributed by atoms with E-state index in [9.17, 15) is 0 Å². The molecule has 0 aromatic heterocycles. The number of hydrogen-bond donors (Lipinski definition) is 3. The van der Waals surface area contributed by atoms with E-state index >= 15 is 0 Å². The lowest BCUT2D eigenvalue weighted by Crippen LogP contribution is -2.41. The summed E-state index contributed by atoms with van der Waals surface area (Å²) >= 11 is 0. The molecule has 0 rings (SSSR count). The molecule has 0 fully saturated rings. The van der Waals surface area contributed by atoms with Gasteiger partial charge < -0.3 is 16.4 Å². The number of hydrogen-bond acceptors (Lipinski definition) is 3. The molecule has 0 aliphatic carbocycles. The zero-order valence-corrected chi connectivity index (χ0v) is 13.7. The SMILES string of the molecule is CC(C)CCCCCCCNCC(C)NCC(C)N. The summed E-state index contributed by atoms with van der Waals surface area (Å²) in [5.41, 5.74) is 5.71. The van der Waals surface area contributed by atoms with Crippen LogP contribution in [0.15, 0.2) is 0 Å². The summed E-state index contributed by atoms with van der Waals surface area (Å²) < 4.78 is 0. The van der Waals surface area contributed by atoms with Gasteiger partial charge in [0, 0.05) is 25.2 Å². The molecule has 0 saturated heterocycles. The Labute approximate surface area is 121 Å². The Morgan fingerprint density at radius 1 is 0.842 bits per heavy atom. The summed E-state index contributed by atoms with van der Waals surface area (Å²) in [5.74, 6) is 0.867. The fourth-order valence-electron chi connectivity index (χ4n) is 2.11. The van der Waals surface area contributed by atoms with E-state index in [-0.39, 0.29) is 6.04 Å². The van der Waals surface area contributed by atoms with Crippen molar-refractivity contribution in [1.29, 1.82) is 0 Å². The lowest BCUT2D eigenvalue weighted by Gasteiger charge is -2.16. The molecular formula is C16H37N3. The number of nitrogens with one attached hydrogen (secondary N) is 2. The minimum absolute atomic E-state index is 0.244. The zero-order chi connectivity index (χ0) is 14.5. The number of nitrogens with two attached hydrogens (primary N) is 1. The van der Waals surface area contributed by atoms with Crippen molar-refractivity contribution in [2.24, 2.45) is 11.7 Å². The van der Waals surface area contributed by atoms with Crippen molar-refractivity contribution in [2.75, 3.05) is 19.6 Å². The van der Waals surface area contributed by atoms with Gasteiger partial charge in [0.15, 0.2) is 0 Å². The van der Waals surface area contributed by atoms with Crippen LogP contribution in [0.2, 0.25) is 0 Å². The van der Waals surface area contributed by atoms with Crippen LogP contribution in [0.3, 0.4) is 0 Å². The van der Waals surface area contributed by atoms with Crippen molar-refractivity contribution in [3.8, 4) is 0 Å². The smallest absolute Gasteiger partial charge is 0.0164 e. The first-order chi connectivity index (χ1) is 9.02. The van der Waals surface area contributed by atoms with Crippen LogP contribution in [0.1, 0.15) is 66.2 Å². The van der Waals surface area contributed by atoms with Crippen LogP contribution in [-0.4, -0.2) is 31.7 Å². The minimum atomic E-state index is 0.244. The average Bonchev–Trinajstić information content (AvgIpc) is 2.34. The molecule has 3 nitrogen and oxygen atoms in total. The first-order valence-electron chi connectivity index (χ1n) is 8.22. The van der Waals surface area contributed by atoms with Gasteiger partial charge >= 0.3 is 0 Å². The van der Waals surface area contributed by atoms with Crippen LogP contribution in [0.4, 0.5) is 0 Å². The monoisotopic (exact) mass is 271 g/mol. The molecule has 0 aliphatic heterocycles. The van der Waals surface area contributed by atoms with Crippen LogP contribution < -0.4 is 16.4 Å². The molecule has 2 unspecified atom stereocenters. The summed E-state index contributed by atoms with van der Waals surface area (Å²) in [4.78, 5) is 0. The molecule has 3 heteroatoms. The van der Waals surface area contributed by atoms with Gasteiger partial charge in [-0.3, -0.25) is 0 Å². The molecule has 19 heavy (non-hydrogen) atoms. The topological polar surface area (TPSA) is 50.1 Å². The summed E-state index contributed by atoms with van der Waals surface area (Å²) in [7, 11) is 0. The predicted molar refractivity (Wildman–Crippen MR) is 86.5 cm³/mol. The first-order valence-corrected chi connectivity index (χ1v) is 8.22. The molecule has 0 amide bonds. The highest BCUT2D eigenvalue weighted by Crippen LogP contribution is 2.10. The van der Waals surface area contributed by atoms with Crippen molar-refractivity contribution < 1.29 is 0 Å². The van der Waals surface area contributed by atoms with Crippen molar-refractivity contribution >= 4 is 0 Å². The van der Waals surface area contributed by atoms with Gasteiger partial charge in [-0.2, -0.15) is 0 Å². The summed E-state index contributed by atoms with van der Waals surface area (Å²) in [6, 6.07) is 0.755. The molecule has 0 saturated carbocycles. The van der Waals surface area contributed by atoms with E-state index in [0.717, 1.165) is 25.6 Å². The van der Waals surface area contributed by atoms with E-state index in [0.29, 0.717) is 6.04 Å². The Balaban J connectivity index is 3.13. The third-order valence-electron chi connectivity index (χ3n) is 3.37. The molecule has 2 atom stereocenters. The highest BCUT2D eigenvalue weighted by atomic mass is 15.0. The average molecular weight is 271 g/mol. The van der Waals surface area contributed by atoms with Crippen LogP contribution in [0.25, 0.3) is 0 Å². The lowest BCUT2D eigenvalue weighted by molar-refractivity contribution is 0.471. The van der Waals surface area contributed by atoms with E-state index in [4.69, 9.17) is 5.73 Å². The fourth-order valence-corrected chi connectivity index (χ4v) is 2.11. The normalized spacial score (nSPS) is 14.8. The molecule has 0 bridgehead atoms. The molecule has 0 aromatic rings. The second-order valence-electron chi connectivity index (χ2n) is 6.44. The third-order valence-corrected chi connectivity index (χ3v) is 3.37.